The molecule has 1 aliphatic heterocycles. The van der Waals surface area contributed by atoms with E-state index in [1.54, 1.807) is 18.9 Å². The highest BCUT2D eigenvalue weighted by Crippen LogP contribution is 2.51. The molecular formula is C13H15NO2S. The van der Waals surface area contributed by atoms with E-state index in [1.165, 1.54) is 0 Å². The van der Waals surface area contributed by atoms with E-state index in [9.17, 15) is 4.79 Å². The van der Waals surface area contributed by atoms with Crippen molar-refractivity contribution in [1.29, 1.82) is 0 Å². The van der Waals surface area contributed by atoms with Crippen LogP contribution in [-0.2, 0) is 4.79 Å². The number of anilines is 1. The van der Waals surface area contributed by atoms with Crippen molar-refractivity contribution in [3.8, 4) is 5.75 Å². The molecule has 0 atom stereocenters. The first-order chi connectivity index (χ1) is 8.23. The van der Waals surface area contributed by atoms with Crippen LogP contribution in [0.5, 0.6) is 5.75 Å². The van der Waals surface area contributed by atoms with Gasteiger partial charge in [0.25, 0.3) is 0 Å². The molecule has 1 fully saturated rings. The van der Waals surface area contributed by atoms with Crippen LogP contribution >= 0.6 is 11.8 Å². The van der Waals surface area contributed by atoms with Crippen LogP contribution in [-0.4, -0.2) is 17.8 Å². The zero-order valence-electron chi connectivity index (χ0n) is 9.79. The number of rotatable bonds is 1. The highest BCUT2D eigenvalue weighted by molar-refractivity contribution is 8.01. The van der Waals surface area contributed by atoms with Crippen molar-refractivity contribution >= 4 is 23.4 Å². The van der Waals surface area contributed by atoms with Crippen molar-refractivity contribution in [3.63, 3.8) is 0 Å². The van der Waals surface area contributed by atoms with Gasteiger partial charge in [-0.25, -0.2) is 0 Å². The Labute approximate surface area is 105 Å². The number of carbonyl (C=O) groups is 1. The van der Waals surface area contributed by atoms with Gasteiger partial charge in [-0.2, -0.15) is 0 Å². The molecule has 0 aromatic heterocycles. The Balaban J connectivity index is 1.97. The molecule has 0 radical (unpaired) electrons. The van der Waals surface area contributed by atoms with Crippen LogP contribution in [0.2, 0.25) is 0 Å². The molecule has 2 aliphatic rings. The molecule has 1 saturated carbocycles. The van der Waals surface area contributed by atoms with Crippen LogP contribution in [0.4, 0.5) is 5.69 Å². The van der Waals surface area contributed by atoms with Gasteiger partial charge in [0.2, 0.25) is 5.91 Å². The van der Waals surface area contributed by atoms with Crippen molar-refractivity contribution < 1.29 is 9.53 Å². The number of hydrogen-bond donors (Lipinski definition) is 1. The van der Waals surface area contributed by atoms with Crippen molar-refractivity contribution in [2.75, 3.05) is 12.4 Å². The van der Waals surface area contributed by atoms with E-state index in [1.807, 2.05) is 18.2 Å². The van der Waals surface area contributed by atoms with Gasteiger partial charge >= 0.3 is 0 Å². The number of amides is 1. The summed E-state index contributed by atoms with van der Waals surface area (Å²) in [6.45, 7) is 0. The Hall–Kier alpha value is -1.16. The molecule has 1 aromatic carbocycles. The lowest BCUT2D eigenvalue weighted by atomic mass is 10.1. The van der Waals surface area contributed by atoms with Crippen molar-refractivity contribution in [1.82, 2.24) is 0 Å². The summed E-state index contributed by atoms with van der Waals surface area (Å²) in [6, 6.07) is 5.88. The predicted octanol–water partition coefficient (Wildman–Crippen LogP) is 3.05. The van der Waals surface area contributed by atoms with Crippen molar-refractivity contribution in [2.24, 2.45) is 0 Å². The van der Waals surface area contributed by atoms with E-state index in [0.29, 0.717) is 0 Å². The van der Waals surface area contributed by atoms with Crippen molar-refractivity contribution in [2.45, 2.75) is 35.3 Å². The number of fused-ring (bicyclic) bond motifs is 1. The second kappa shape index (κ2) is 3.95. The summed E-state index contributed by atoms with van der Waals surface area (Å²) in [7, 11) is 1.64. The fraction of sp³-hybridized carbons (Fsp3) is 0.462. The van der Waals surface area contributed by atoms with Gasteiger partial charge in [0.15, 0.2) is 0 Å². The lowest BCUT2D eigenvalue weighted by molar-refractivity contribution is -0.118. The number of carbonyl (C=O) groups excluding carboxylic acids is 1. The lowest BCUT2D eigenvalue weighted by Crippen LogP contribution is -2.40. The molecule has 3 nitrogen and oxygen atoms in total. The highest BCUT2D eigenvalue weighted by Gasteiger charge is 2.45. The monoisotopic (exact) mass is 249 g/mol. The maximum Gasteiger partial charge on any atom is 0.241 e. The summed E-state index contributed by atoms with van der Waals surface area (Å²) in [5.41, 5.74) is 0.886. The maximum atomic E-state index is 12.2. The third-order valence-corrected chi connectivity index (χ3v) is 5.13. The Kier molecular flexibility index (Phi) is 2.54. The Morgan fingerprint density at radius 2 is 2.12 bits per heavy atom. The van der Waals surface area contributed by atoms with Crippen molar-refractivity contribution in [3.05, 3.63) is 18.2 Å². The minimum Gasteiger partial charge on any atom is -0.497 e. The van der Waals surface area contributed by atoms with E-state index in [4.69, 9.17) is 4.74 Å². The Bertz CT molecular complexity index is 466. The summed E-state index contributed by atoms with van der Waals surface area (Å²) >= 11 is 1.73. The number of thioether (sulfide) groups is 1. The fourth-order valence-corrected chi connectivity index (χ4v) is 4.00. The van der Waals surface area contributed by atoms with E-state index in [0.717, 1.165) is 42.0 Å². The summed E-state index contributed by atoms with van der Waals surface area (Å²) in [4.78, 5) is 13.4. The normalized spacial score (nSPS) is 21.1. The van der Waals surface area contributed by atoms with Gasteiger partial charge in [-0.15, -0.1) is 11.8 Å². The van der Waals surface area contributed by atoms with Crippen LogP contribution < -0.4 is 10.1 Å². The minimum atomic E-state index is -0.207. The summed E-state index contributed by atoms with van der Waals surface area (Å²) < 4.78 is 4.97. The lowest BCUT2D eigenvalue weighted by Gasteiger charge is -2.32. The molecule has 1 N–H and O–H groups in total. The standard InChI is InChI=1S/C13H15NO2S/c1-16-9-4-5-11-10(8-9)14-12(15)13(17-11)6-2-3-7-13/h4-5,8H,2-3,6-7H2,1H3,(H,14,15). The van der Waals surface area contributed by atoms with Gasteiger partial charge in [0.05, 0.1) is 17.5 Å². The molecule has 4 heteroatoms. The topological polar surface area (TPSA) is 38.3 Å². The zero-order chi connectivity index (χ0) is 11.9. The zero-order valence-corrected chi connectivity index (χ0v) is 10.6. The first kappa shape index (κ1) is 11.0. The number of nitrogens with one attached hydrogen (secondary N) is 1. The molecule has 1 heterocycles. The molecule has 1 spiro atoms. The number of ether oxygens (including phenoxy) is 1. The van der Waals surface area contributed by atoms with E-state index in [2.05, 4.69) is 5.32 Å². The second-order valence-corrected chi connectivity index (χ2v) is 6.05. The number of hydrogen-bond acceptors (Lipinski definition) is 3. The van der Waals surface area contributed by atoms with Crippen LogP contribution in [0, 0.1) is 0 Å². The highest BCUT2D eigenvalue weighted by atomic mass is 32.2. The molecule has 0 bridgehead atoms. The van der Waals surface area contributed by atoms with Gasteiger partial charge in [0.1, 0.15) is 5.75 Å². The first-order valence-corrected chi connectivity index (χ1v) is 6.74. The fourth-order valence-electron chi connectivity index (χ4n) is 2.59. The van der Waals surface area contributed by atoms with Crippen LogP contribution in [0.3, 0.4) is 0 Å². The van der Waals surface area contributed by atoms with Crippen LogP contribution in [0.25, 0.3) is 0 Å². The van der Waals surface area contributed by atoms with Gasteiger partial charge < -0.3 is 10.1 Å². The summed E-state index contributed by atoms with van der Waals surface area (Å²) in [5, 5.41) is 3.03. The van der Waals surface area contributed by atoms with Gasteiger partial charge in [0, 0.05) is 11.0 Å². The van der Waals surface area contributed by atoms with E-state index in [-0.39, 0.29) is 10.7 Å². The average Bonchev–Trinajstić information content (AvgIpc) is 2.80. The molecule has 90 valence electrons. The predicted molar refractivity (Wildman–Crippen MR) is 68.7 cm³/mol. The molecule has 0 unspecified atom stereocenters. The van der Waals surface area contributed by atoms with E-state index < -0.39 is 0 Å². The third-order valence-electron chi connectivity index (χ3n) is 3.57. The van der Waals surface area contributed by atoms with Gasteiger partial charge in [-0.3, -0.25) is 4.79 Å². The number of benzene rings is 1. The summed E-state index contributed by atoms with van der Waals surface area (Å²) in [5.74, 6) is 0.952. The quantitative estimate of drug-likeness (QED) is 0.831. The Morgan fingerprint density at radius 1 is 1.35 bits per heavy atom. The molecular weight excluding hydrogens is 234 g/mol. The number of methoxy groups -OCH3 is 1. The average molecular weight is 249 g/mol. The summed E-state index contributed by atoms with van der Waals surface area (Å²) in [6.07, 6.45) is 4.31. The van der Waals surface area contributed by atoms with Crippen LogP contribution in [0.1, 0.15) is 25.7 Å². The van der Waals surface area contributed by atoms with Gasteiger partial charge in [-0.05, 0) is 25.0 Å². The molecule has 1 aromatic rings. The van der Waals surface area contributed by atoms with Crippen LogP contribution in [0.15, 0.2) is 23.1 Å². The second-order valence-electron chi connectivity index (χ2n) is 4.62. The molecule has 1 amide bonds. The maximum absolute atomic E-state index is 12.2. The largest absolute Gasteiger partial charge is 0.497 e. The molecule has 0 saturated heterocycles. The Morgan fingerprint density at radius 3 is 2.82 bits per heavy atom. The minimum absolute atomic E-state index is 0.167. The smallest absolute Gasteiger partial charge is 0.241 e. The molecule has 3 rings (SSSR count). The van der Waals surface area contributed by atoms with E-state index >= 15 is 0 Å². The molecule has 17 heavy (non-hydrogen) atoms. The SMILES string of the molecule is COc1ccc2c(c1)NC(=O)C1(CCCC1)S2. The van der Waals surface area contributed by atoms with Gasteiger partial charge in [-0.1, -0.05) is 12.8 Å². The molecule has 1 aliphatic carbocycles. The third kappa shape index (κ3) is 1.71. The first-order valence-electron chi connectivity index (χ1n) is 5.92.